The molecule has 0 fully saturated rings. The predicted molar refractivity (Wildman–Crippen MR) is 79.9 cm³/mol. The number of benzene rings is 2. The monoisotopic (exact) mass is 253 g/mol. The van der Waals surface area contributed by atoms with Crippen molar-refractivity contribution >= 4 is 6.08 Å². The molecule has 0 aliphatic rings. The molecule has 2 nitrogen and oxygen atoms in total. The Balaban J connectivity index is 2.02. The third-order valence-corrected chi connectivity index (χ3v) is 2.92. The van der Waals surface area contributed by atoms with E-state index in [1.807, 2.05) is 30.3 Å². The molecular weight excluding hydrogens is 234 g/mol. The normalized spacial score (nSPS) is 10.6. The predicted octanol–water partition coefficient (Wildman–Crippen LogP) is 3.80. The summed E-state index contributed by atoms with van der Waals surface area (Å²) in [6, 6.07) is 18.4. The van der Waals surface area contributed by atoms with Gasteiger partial charge in [-0.3, -0.25) is 0 Å². The van der Waals surface area contributed by atoms with Gasteiger partial charge < -0.3 is 9.64 Å². The molecule has 0 amide bonds. The largest absolute Gasteiger partial charge is 0.496 e. The zero-order chi connectivity index (χ0) is 13.5. The fourth-order valence-corrected chi connectivity index (χ4v) is 1.94. The first-order valence-electron chi connectivity index (χ1n) is 6.35. The average molecular weight is 253 g/mol. The van der Waals surface area contributed by atoms with Crippen molar-refractivity contribution in [2.75, 3.05) is 14.2 Å². The van der Waals surface area contributed by atoms with Crippen molar-refractivity contribution < 1.29 is 4.74 Å². The SMILES string of the molecule is COc1ccccc1/C=C/N(C)Cc1ccccc1. The Kier molecular flexibility index (Phi) is 4.62. The van der Waals surface area contributed by atoms with Gasteiger partial charge in [0.25, 0.3) is 0 Å². The van der Waals surface area contributed by atoms with Crippen LogP contribution in [0.25, 0.3) is 6.08 Å². The van der Waals surface area contributed by atoms with E-state index in [2.05, 4.69) is 48.5 Å². The number of ether oxygens (including phenoxy) is 1. The first-order chi connectivity index (χ1) is 9.29. The van der Waals surface area contributed by atoms with Crippen LogP contribution in [0.5, 0.6) is 5.75 Å². The van der Waals surface area contributed by atoms with Gasteiger partial charge >= 0.3 is 0 Å². The van der Waals surface area contributed by atoms with Crippen LogP contribution in [0.4, 0.5) is 0 Å². The summed E-state index contributed by atoms with van der Waals surface area (Å²) >= 11 is 0. The van der Waals surface area contributed by atoms with Crippen LogP contribution in [0.15, 0.2) is 60.8 Å². The minimum atomic E-state index is 0.895. The lowest BCUT2D eigenvalue weighted by atomic mass is 10.2. The van der Waals surface area contributed by atoms with Gasteiger partial charge in [0.2, 0.25) is 0 Å². The fraction of sp³-hybridized carbons (Fsp3) is 0.176. The highest BCUT2D eigenvalue weighted by Gasteiger charge is 1.98. The molecule has 2 heteroatoms. The van der Waals surface area contributed by atoms with Crippen LogP contribution in [-0.4, -0.2) is 19.1 Å². The second-order valence-corrected chi connectivity index (χ2v) is 4.46. The van der Waals surface area contributed by atoms with Crippen molar-refractivity contribution in [3.05, 3.63) is 71.9 Å². The number of hydrogen-bond donors (Lipinski definition) is 0. The maximum atomic E-state index is 5.33. The molecule has 0 heterocycles. The quantitative estimate of drug-likeness (QED) is 0.803. The van der Waals surface area contributed by atoms with Gasteiger partial charge in [-0.1, -0.05) is 48.5 Å². The fourth-order valence-electron chi connectivity index (χ4n) is 1.94. The Morgan fingerprint density at radius 3 is 2.42 bits per heavy atom. The molecule has 0 bridgehead atoms. The molecule has 2 aromatic rings. The number of para-hydroxylation sites is 1. The number of rotatable bonds is 5. The van der Waals surface area contributed by atoms with Gasteiger partial charge in [0.1, 0.15) is 5.75 Å². The Bertz CT molecular complexity index is 534. The first-order valence-corrected chi connectivity index (χ1v) is 6.35. The topological polar surface area (TPSA) is 12.5 Å². The van der Waals surface area contributed by atoms with Gasteiger partial charge in [-0.15, -0.1) is 0 Å². The summed E-state index contributed by atoms with van der Waals surface area (Å²) in [6.07, 6.45) is 4.15. The third-order valence-electron chi connectivity index (χ3n) is 2.92. The average Bonchev–Trinajstić information content (AvgIpc) is 2.46. The number of hydrogen-bond acceptors (Lipinski definition) is 2. The second-order valence-electron chi connectivity index (χ2n) is 4.46. The van der Waals surface area contributed by atoms with Gasteiger partial charge in [0, 0.05) is 19.2 Å². The van der Waals surface area contributed by atoms with E-state index in [1.54, 1.807) is 7.11 Å². The van der Waals surface area contributed by atoms with Gasteiger partial charge in [-0.25, -0.2) is 0 Å². The van der Waals surface area contributed by atoms with Crippen molar-refractivity contribution in [1.82, 2.24) is 4.90 Å². The number of nitrogens with zero attached hydrogens (tertiary/aromatic N) is 1. The Labute approximate surface area is 114 Å². The van der Waals surface area contributed by atoms with E-state index < -0.39 is 0 Å². The van der Waals surface area contributed by atoms with Crippen LogP contribution in [0, 0.1) is 0 Å². The number of methoxy groups -OCH3 is 1. The van der Waals surface area contributed by atoms with E-state index in [1.165, 1.54) is 5.56 Å². The highest BCUT2D eigenvalue weighted by Crippen LogP contribution is 2.18. The molecular formula is C17H19NO. The van der Waals surface area contributed by atoms with E-state index in [4.69, 9.17) is 4.74 Å². The van der Waals surface area contributed by atoms with Crippen LogP contribution in [0.3, 0.4) is 0 Å². The molecule has 0 atom stereocenters. The van der Waals surface area contributed by atoms with Crippen molar-refractivity contribution in [2.45, 2.75) is 6.54 Å². The molecule has 19 heavy (non-hydrogen) atoms. The summed E-state index contributed by atoms with van der Waals surface area (Å²) < 4.78 is 5.33. The van der Waals surface area contributed by atoms with E-state index in [-0.39, 0.29) is 0 Å². The molecule has 0 saturated heterocycles. The lowest BCUT2D eigenvalue weighted by molar-refractivity contribution is 0.413. The second kappa shape index (κ2) is 6.64. The summed E-state index contributed by atoms with van der Waals surface area (Å²) in [6.45, 7) is 0.895. The Morgan fingerprint density at radius 1 is 1.00 bits per heavy atom. The third kappa shape index (κ3) is 3.88. The molecule has 0 aliphatic carbocycles. The summed E-state index contributed by atoms with van der Waals surface area (Å²) in [5.41, 5.74) is 2.39. The molecule has 0 radical (unpaired) electrons. The highest BCUT2D eigenvalue weighted by atomic mass is 16.5. The minimum absolute atomic E-state index is 0.895. The maximum absolute atomic E-state index is 5.33. The van der Waals surface area contributed by atoms with Gasteiger partial charge in [-0.2, -0.15) is 0 Å². The highest BCUT2D eigenvalue weighted by molar-refractivity contribution is 5.56. The molecule has 0 N–H and O–H groups in total. The summed E-state index contributed by atoms with van der Waals surface area (Å²) in [7, 11) is 3.76. The molecule has 0 aliphatic heterocycles. The summed E-state index contributed by atoms with van der Waals surface area (Å²) in [4.78, 5) is 2.15. The zero-order valence-electron chi connectivity index (χ0n) is 11.4. The zero-order valence-corrected chi connectivity index (χ0v) is 11.4. The maximum Gasteiger partial charge on any atom is 0.126 e. The van der Waals surface area contributed by atoms with Crippen molar-refractivity contribution in [1.29, 1.82) is 0 Å². The standard InChI is InChI=1S/C17H19NO/c1-18(14-15-8-4-3-5-9-15)13-12-16-10-6-7-11-17(16)19-2/h3-13H,14H2,1-2H3/b13-12+. The van der Waals surface area contributed by atoms with Crippen LogP contribution in [0.1, 0.15) is 11.1 Å². The van der Waals surface area contributed by atoms with Crippen LogP contribution in [0.2, 0.25) is 0 Å². The van der Waals surface area contributed by atoms with Crippen LogP contribution < -0.4 is 4.74 Å². The molecule has 0 saturated carbocycles. The van der Waals surface area contributed by atoms with E-state index in [0.717, 1.165) is 17.9 Å². The van der Waals surface area contributed by atoms with Crippen LogP contribution in [-0.2, 0) is 6.54 Å². The van der Waals surface area contributed by atoms with E-state index in [0.29, 0.717) is 0 Å². The Morgan fingerprint density at radius 2 is 1.68 bits per heavy atom. The van der Waals surface area contributed by atoms with Crippen LogP contribution >= 0.6 is 0 Å². The lowest BCUT2D eigenvalue weighted by Gasteiger charge is -2.14. The van der Waals surface area contributed by atoms with Crippen molar-refractivity contribution in [2.24, 2.45) is 0 Å². The molecule has 2 rings (SSSR count). The minimum Gasteiger partial charge on any atom is -0.496 e. The van der Waals surface area contributed by atoms with Gasteiger partial charge in [0.05, 0.1) is 7.11 Å². The molecule has 0 unspecified atom stereocenters. The van der Waals surface area contributed by atoms with Crippen molar-refractivity contribution in [3.8, 4) is 5.75 Å². The van der Waals surface area contributed by atoms with Gasteiger partial charge in [-0.05, 0) is 23.9 Å². The molecule has 2 aromatic carbocycles. The van der Waals surface area contributed by atoms with Crippen molar-refractivity contribution in [3.63, 3.8) is 0 Å². The van der Waals surface area contributed by atoms with E-state index in [9.17, 15) is 0 Å². The molecule has 0 aromatic heterocycles. The van der Waals surface area contributed by atoms with E-state index >= 15 is 0 Å². The molecule has 98 valence electrons. The smallest absolute Gasteiger partial charge is 0.126 e. The van der Waals surface area contributed by atoms with Gasteiger partial charge in [0.15, 0.2) is 0 Å². The lowest BCUT2D eigenvalue weighted by Crippen LogP contribution is -2.09. The Hall–Kier alpha value is -2.22. The first kappa shape index (κ1) is 13.2. The summed E-state index contributed by atoms with van der Waals surface area (Å²) in [5, 5.41) is 0. The summed E-state index contributed by atoms with van der Waals surface area (Å²) in [5.74, 6) is 0.895. The molecule has 0 spiro atoms.